The molecule has 9 nitrogen and oxygen atoms in total. The topological polar surface area (TPSA) is 107 Å². The monoisotopic (exact) mass is 387 g/mol. The Kier molecular flexibility index (Phi) is 7.21. The van der Waals surface area contributed by atoms with Crippen molar-refractivity contribution >= 4 is 23.7 Å². The van der Waals surface area contributed by atoms with Gasteiger partial charge in [-0.25, -0.2) is 5.43 Å². The minimum atomic E-state index is -0.937. The van der Waals surface area contributed by atoms with Crippen LogP contribution in [0.25, 0.3) is 0 Å². The number of carbonyl (C=O) groups excluding carboxylic acids is 2. The summed E-state index contributed by atoms with van der Waals surface area (Å²) in [6, 6.07) is 9.83. The molecular formula is C19H21N3O6. The largest absolute Gasteiger partial charge is 0.497 e. The molecule has 0 unspecified atom stereocenters. The highest BCUT2D eigenvalue weighted by Crippen LogP contribution is 2.29. The lowest BCUT2D eigenvalue weighted by atomic mass is 10.2. The third kappa shape index (κ3) is 5.13. The first-order valence-corrected chi connectivity index (χ1v) is 8.10. The minimum Gasteiger partial charge on any atom is -0.497 e. The molecule has 2 aromatic carbocycles. The van der Waals surface area contributed by atoms with E-state index < -0.39 is 11.8 Å². The van der Waals surface area contributed by atoms with E-state index in [0.717, 1.165) is 0 Å². The normalized spacial score (nSPS) is 10.3. The molecule has 0 aliphatic carbocycles. The number of carbonyl (C=O) groups is 2. The third-order valence-electron chi connectivity index (χ3n) is 3.65. The number of hydrogen-bond donors (Lipinski definition) is 2. The predicted molar refractivity (Wildman–Crippen MR) is 103 cm³/mol. The third-order valence-corrected chi connectivity index (χ3v) is 3.65. The maximum atomic E-state index is 12.0. The van der Waals surface area contributed by atoms with Crippen molar-refractivity contribution in [2.24, 2.45) is 5.10 Å². The fraction of sp³-hybridized carbons (Fsp3) is 0.211. The number of methoxy groups -OCH3 is 4. The molecule has 0 saturated carbocycles. The van der Waals surface area contributed by atoms with Gasteiger partial charge in [0.05, 0.1) is 34.7 Å². The summed E-state index contributed by atoms with van der Waals surface area (Å²) in [5.41, 5.74) is 3.10. The van der Waals surface area contributed by atoms with Gasteiger partial charge in [-0.1, -0.05) is 0 Å². The molecular weight excluding hydrogens is 366 g/mol. The lowest BCUT2D eigenvalue weighted by Gasteiger charge is -2.10. The van der Waals surface area contributed by atoms with E-state index in [-0.39, 0.29) is 0 Å². The van der Waals surface area contributed by atoms with Crippen molar-refractivity contribution in [1.29, 1.82) is 0 Å². The van der Waals surface area contributed by atoms with Crippen molar-refractivity contribution in [2.45, 2.75) is 0 Å². The van der Waals surface area contributed by atoms with Crippen LogP contribution >= 0.6 is 0 Å². The summed E-state index contributed by atoms with van der Waals surface area (Å²) < 4.78 is 20.6. The van der Waals surface area contributed by atoms with Crippen molar-refractivity contribution < 1.29 is 28.5 Å². The number of hydrogen-bond acceptors (Lipinski definition) is 7. The van der Waals surface area contributed by atoms with Gasteiger partial charge in [0.2, 0.25) is 0 Å². The van der Waals surface area contributed by atoms with Crippen molar-refractivity contribution in [3.8, 4) is 23.0 Å². The van der Waals surface area contributed by atoms with Gasteiger partial charge in [-0.3, -0.25) is 9.59 Å². The molecule has 0 aliphatic heterocycles. The molecule has 0 spiro atoms. The summed E-state index contributed by atoms with van der Waals surface area (Å²) in [7, 11) is 6.01. The van der Waals surface area contributed by atoms with Gasteiger partial charge in [0.1, 0.15) is 11.5 Å². The van der Waals surface area contributed by atoms with Crippen LogP contribution in [0.5, 0.6) is 23.0 Å². The Bertz CT molecular complexity index is 882. The van der Waals surface area contributed by atoms with E-state index in [4.69, 9.17) is 18.9 Å². The van der Waals surface area contributed by atoms with Crippen LogP contribution in [0, 0.1) is 0 Å². The lowest BCUT2D eigenvalue weighted by Crippen LogP contribution is -2.32. The molecule has 9 heteroatoms. The zero-order valence-corrected chi connectivity index (χ0v) is 15.9. The first-order chi connectivity index (χ1) is 13.5. The van der Waals surface area contributed by atoms with Gasteiger partial charge < -0.3 is 24.3 Å². The molecule has 28 heavy (non-hydrogen) atoms. The van der Waals surface area contributed by atoms with Gasteiger partial charge in [-0.2, -0.15) is 5.10 Å². The Morgan fingerprint density at radius 1 is 0.821 bits per heavy atom. The van der Waals surface area contributed by atoms with E-state index in [9.17, 15) is 9.59 Å². The average Bonchev–Trinajstić information content (AvgIpc) is 2.73. The number of ether oxygens (including phenoxy) is 4. The zero-order chi connectivity index (χ0) is 20.5. The van der Waals surface area contributed by atoms with E-state index >= 15 is 0 Å². The van der Waals surface area contributed by atoms with E-state index in [1.807, 2.05) is 0 Å². The van der Waals surface area contributed by atoms with Crippen LogP contribution in [-0.4, -0.2) is 46.5 Å². The molecule has 0 saturated heterocycles. The summed E-state index contributed by atoms with van der Waals surface area (Å²) in [5, 5.41) is 6.24. The summed E-state index contributed by atoms with van der Waals surface area (Å²) >= 11 is 0. The van der Waals surface area contributed by atoms with Gasteiger partial charge in [-0.15, -0.1) is 0 Å². The average molecular weight is 387 g/mol. The van der Waals surface area contributed by atoms with Gasteiger partial charge in [0.15, 0.2) is 11.5 Å². The highest BCUT2D eigenvalue weighted by Gasteiger charge is 2.14. The Morgan fingerprint density at radius 3 is 2.14 bits per heavy atom. The molecule has 0 atom stereocenters. The summed E-state index contributed by atoms with van der Waals surface area (Å²) in [6.45, 7) is 0. The summed E-state index contributed by atoms with van der Waals surface area (Å²) in [4.78, 5) is 24.0. The first-order valence-electron chi connectivity index (χ1n) is 8.10. The lowest BCUT2D eigenvalue weighted by molar-refractivity contribution is -0.136. The summed E-state index contributed by atoms with van der Waals surface area (Å²) in [6.07, 6.45) is 1.35. The number of nitrogens with one attached hydrogen (secondary N) is 2. The van der Waals surface area contributed by atoms with Crippen molar-refractivity contribution in [3.05, 3.63) is 42.0 Å². The van der Waals surface area contributed by atoms with Crippen LogP contribution in [0.3, 0.4) is 0 Å². The molecule has 2 aromatic rings. The van der Waals surface area contributed by atoms with Crippen LogP contribution in [-0.2, 0) is 9.59 Å². The second-order valence-corrected chi connectivity index (χ2v) is 5.33. The SMILES string of the molecule is COc1ccc(OC)c(/C=N\NC(=O)C(=O)Nc2ccc(OC)c(OC)c2)c1. The first kappa shape index (κ1) is 20.6. The molecule has 0 heterocycles. The van der Waals surface area contributed by atoms with Gasteiger partial charge >= 0.3 is 11.8 Å². The van der Waals surface area contributed by atoms with Gasteiger partial charge in [0, 0.05) is 17.3 Å². The maximum absolute atomic E-state index is 12.0. The van der Waals surface area contributed by atoms with Crippen molar-refractivity contribution in [2.75, 3.05) is 33.8 Å². The standard InChI is InChI=1S/C19H21N3O6/c1-25-14-6-8-15(26-2)12(9-14)11-20-22-19(24)18(23)21-13-5-7-16(27-3)17(10-13)28-4/h5-11H,1-4H3,(H,21,23)(H,22,24)/b20-11-. The number of nitrogens with zero attached hydrogens (tertiary/aromatic N) is 1. The van der Waals surface area contributed by atoms with Crippen molar-refractivity contribution in [1.82, 2.24) is 5.43 Å². The molecule has 0 bridgehead atoms. The maximum Gasteiger partial charge on any atom is 0.329 e. The second kappa shape index (κ2) is 9.81. The summed E-state index contributed by atoms with van der Waals surface area (Å²) in [5.74, 6) is 0.230. The Labute approximate surface area is 162 Å². The molecule has 0 aromatic heterocycles. The number of benzene rings is 2. The number of rotatable bonds is 7. The van der Waals surface area contributed by atoms with E-state index in [2.05, 4.69) is 15.8 Å². The molecule has 0 radical (unpaired) electrons. The van der Waals surface area contributed by atoms with Crippen LogP contribution in [0.1, 0.15) is 5.56 Å². The molecule has 2 N–H and O–H groups in total. The highest BCUT2D eigenvalue weighted by molar-refractivity contribution is 6.39. The predicted octanol–water partition coefficient (Wildman–Crippen LogP) is 1.81. The Balaban J connectivity index is 2.01. The van der Waals surface area contributed by atoms with Crippen LogP contribution in [0.2, 0.25) is 0 Å². The zero-order valence-electron chi connectivity index (χ0n) is 15.9. The Hall–Kier alpha value is -3.75. The fourth-order valence-electron chi connectivity index (χ4n) is 2.25. The number of anilines is 1. The second-order valence-electron chi connectivity index (χ2n) is 5.33. The van der Waals surface area contributed by atoms with Gasteiger partial charge in [0.25, 0.3) is 0 Å². The minimum absolute atomic E-state index is 0.372. The number of hydrazone groups is 1. The van der Waals surface area contributed by atoms with Crippen molar-refractivity contribution in [3.63, 3.8) is 0 Å². The van der Waals surface area contributed by atoms with Crippen LogP contribution in [0.4, 0.5) is 5.69 Å². The molecule has 0 fully saturated rings. The molecule has 2 amide bonds. The van der Waals surface area contributed by atoms with E-state index in [1.165, 1.54) is 40.7 Å². The fourth-order valence-corrected chi connectivity index (χ4v) is 2.25. The van der Waals surface area contributed by atoms with Gasteiger partial charge in [-0.05, 0) is 30.3 Å². The highest BCUT2D eigenvalue weighted by atomic mass is 16.5. The molecule has 148 valence electrons. The van der Waals surface area contributed by atoms with E-state index in [1.54, 1.807) is 30.3 Å². The van der Waals surface area contributed by atoms with Crippen LogP contribution in [0.15, 0.2) is 41.5 Å². The number of amides is 2. The molecule has 2 rings (SSSR count). The quantitative estimate of drug-likeness (QED) is 0.426. The van der Waals surface area contributed by atoms with Crippen LogP contribution < -0.4 is 29.7 Å². The molecule has 0 aliphatic rings. The Morgan fingerprint density at radius 2 is 1.50 bits per heavy atom. The van der Waals surface area contributed by atoms with E-state index in [0.29, 0.717) is 34.2 Å². The smallest absolute Gasteiger partial charge is 0.329 e.